The maximum absolute atomic E-state index is 11.2. The van der Waals surface area contributed by atoms with Crippen molar-refractivity contribution in [1.82, 2.24) is 0 Å². The van der Waals surface area contributed by atoms with E-state index in [0.29, 0.717) is 24.0 Å². The first-order chi connectivity index (χ1) is 9.04. The quantitative estimate of drug-likeness (QED) is 0.737. The zero-order chi connectivity index (χ0) is 14.3. The third-order valence-electron chi connectivity index (χ3n) is 2.67. The molecule has 0 saturated heterocycles. The number of carbonyl (C=O) groups excluding carboxylic acids is 1. The lowest BCUT2D eigenvalue weighted by atomic mass is 10.1. The van der Waals surface area contributed by atoms with Crippen molar-refractivity contribution in [3.63, 3.8) is 0 Å². The summed E-state index contributed by atoms with van der Waals surface area (Å²) in [4.78, 5) is 11.2. The second-order valence-electron chi connectivity index (χ2n) is 4.86. The molecule has 19 heavy (non-hydrogen) atoms. The highest BCUT2D eigenvalue weighted by atomic mass is 35.5. The van der Waals surface area contributed by atoms with E-state index in [2.05, 4.69) is 13.8 Å². The Hall–Kier alpha value is -0.670. The van der Waals surface area contributed by atoms with Gasteiger partial charge in [0.05, 0.1) is 11.6 Å². The molecule has 0 bridgehead atoms. The maximum Gasteiger partial charge on any atom is 0.188 e. The van der Waals surface area contributed by atoms with Crippen molar-refractivity contribution in [3.05, 3.63) is 28.8 Å². The van der Waals surface area contributed by atoms with E-state index in [-0.39, 0.29) is 5.12 Å². The second-order valence-corrected chi connectivity index (χ2v) is 6.11. The van der Waals surface area contributed by atoms with Crippen LogP contribution in [-0.2, 0) is 11.2 Å². The van der Waals surface area contributed by atoms with E-state index in [1.165, 1.54) is 11.8 Å². The molecule has 1 rings (SSSR count). The van der Waals surface area contributed by atoms with E-state index >= 15 is 0 Å². The average molecular weight is 301 g/mol. The molecular formula is C15H21ClO2S. The summed E-state index contributed by atoms with van der Waals surface area (Å²) in [6, 6.07) is 5.84. The smallest absolute Gasteiger partial charge is 0.188 e. The molecule has 4 heteroatoms. The highest BCUT2D eigenvalue weighted by Crippen LogP contribution is 2.29. The second kappa shape index (κ2) is 8.49. The lowest BCUT2D eigenvalue weighted by molar-refractivity contribution is -0.111. The molecule has 0 aliphatic heterocycles. The van der Waals surface area contributed by atoms with Crippen LogP contribution >= 0.6 is 23.4 Å². The van der Waals surface area contributed by atoms with E-state index in [4.69, 9.17) is 16.3 Å². The highest BCUT2D eigenvalue weighted by Gasteiger charge is 2.08. The molecule has 1 aromatic rings. The Morgan fingerprint density at radius 2 is 2.16 bits per heavy atom. The zero-order valence-corrected chi connectivity index (χ0v) is 13.3. The predicted molar refractivity (Wildman–Crippen MR) is 83.2 cm³/mol. The van der Waals surface area contributed by atoms with Gasteiger partial charge < -0.3 is 4.74 Å². The fourth-order valence-electron chi connectivity index (χ4n) is 1.64. The van der Waals surface area contributed by atoms with Crippen molar-refractivity contribution < 1.29 is 9.53 Å². The summed E-state index contributed by atoms with van der Waals surface area (Å²) >= 11 is 7.61. The van der Waals surface area contributed by atoms with Gasteiger partial charge in [-0.1, -0.05) is 49.3 Å². The Labute approximate surface area is 124 Å². The molecule has 0 unspecified atom stereocenters. The van der Waals surface area contributed by atoms with Gasteiger partial charge >= 0.3 is 0 Å². The van der Waals surface area contributed by atoms with Crippen molar-refractivity contribution in [2.75, 3.05) is 12.9 Å². The van der Waals surface area contributed by atoms with Crippen LogP contribution in [-0.4, -0.2) is 18.0 Å². The van der Waals surface area contributed by atoms with Gasteiger partial charge in [-0.3, -0.25) is 4.79 Å². The predicted octanol–water partition coefficient (Wildman–Crippen LogP) is 4.59. The molecule has 2 nitrogen and oxygen atoms in total. The number of ether oxygens (including phenoxy) is 1. The number of hydrogen-bond donors (Lipinski definition) is 0. The molecule has 0 aliphatic carbocycles. The Morgan fingerprint density at radius 3 is 2.79 bits per heavy atom. The minimum Gasteiger partial charge on any atom is -0.492 e. The van der Waals surface area contributed by atoms with Crippen LogP contribution < -0.4 is 4.74 Å². The van der Waals surface area contributed by atoms with E-state index in [9.17, 15) is 4.79 Å². The topological polar surface area (TPSA) is 26.3 Å². The highest BCUT2D eigenvalue weighted by molar-refractivity contribution is 8.13. The molecular weight excluding hydrogens is 280 g/mol. The van der Waals surface area contributed by atoms with Crippen LogP contribution in [0.1, 0.15) is 32.3 Å². The summed E-state index contributed by atoms with van der Waals surface area (Å²) in [5.41, 5.74) is 1.05. The standard InChI is InChI=1S/C15H21ClO2S/c1-11(2)10-18-13-8-4-6-12(15(13)16)7-5-9-14(17)19-3/h4,6,8,11H,5,7,9-10H2,1-3H3. The van der Waals surface area contributed by atoms with Crippen molar-refractivity contribution in [1.29, 1.82) is 0 Å². The van der Waals surface area contributed by atoms with Gasteiger partial charge in [0.1, 0.15) is 5.75 Å². The molecule has 0 spiro atoms. The minimum atomic E-state index is 0.225. The molecule has 0 atom stereocenters. The Morgan fingerprint density at radius 1 is 1.42 bits per heavy atom. The third-order valence-corrected chi connectivity index (χ3v) is 3.76. The maximum atomic E-state index is 11.2. The van der Waals surface area contributed by atoms with Crippen LogP contribution in [0.4, 0.5) is 0 Å². The van der Waals surface area contributed by atoms with Crippen molar-refractivity contribution in [2.45, 2.75) is 33.1 Å². The number of hydrogen-bond acceptors (Lipinski definition) is 3. The number of rotatable bonds is 7. The van der Waals surface area contributed by atoms with Gasteiger partial charge in [-0.25, -0.2) is 0 Å². The van der Waals surface area contributed by atoms with Gasteiger partial charge in [0, 0.05) is 6.42 Å². The fraction of sp³-hybridized carbons (Fsp3) is 0.533. The normalized spacial score (nSPS) is 10.8. The Kier molecular flexibility index (Phi) is 7.32. The van der Waals surface area contributed by atoms with Crippen LogP contribution in [0.3, 0.4) is 0 Å². The Balaban J connectivity index is 2.59. The molecule has 1 aromatic carbocycles. The van der Waals surface area contributed by atoms with E-state index < -0.39 is 0 Å². The molecule has 106 valence electrons. The lowest BCUT2D eigenvalue weighted by Crippen LogP contribution is -2.05. The molecule has 0 radical (unpaired) electrons. The summed E-state index contributed by atoms with van der Waals surface area (Å²) in [7, 11) is 0. The summed E-state index contributed by atoms with van der Waals surface area (Å²) in [5, 5.41) is 0.906. The van der Waals surface area contributed by atoms with Crippen LogP contribution in [0, 0.1) is 5.92 Å². The van der Waals surface area contributed by atoms with Crippen molar-refractivity contribution in [2.24, 2.45) is 5.92 Å². The molecule has 0 aliphatic rings. The van der Waals surface area contributed by atoms with Gasteiger partial charge in [0.25, 0.3) is 0 Å². The summed E-state index contributed by atoms with van der Waals surface area (Å²) in [6.07, 6.45) is 4.04. The molecule has 0 saturated carbocycles. The van der Waals surface area contributed by atoms with Crippen LogP contribution in [0.2, 0.25) is 5.02 Å². The minimum absolute atomic E-state index is 0.225. The number of carbonyl (C=O) groups is 1. The van der Waals surface area contributed by atoms with Crippen LogP contribution in [0.5, 0.6) is 5.75 Å². The first-order valence-electron chi connectivity index (χ1n) is 6.51. The van der Waals surface area contributed by atoms with Gasteiger partial charge in [-0.05, 0) is 36.6 Å². The van der Waals surface area contributed by atoms with Gasteiger partial charge in [-0.2, -0.15) is 0 Å². The van der Waals surface area contributed by atoms with Gasteiger partial charge in [0.15, 0.2) is 5.12 Å². The van der Waals surface area contributed by atoms with Gasteiger partial charge in [-0.15, -0.1) is 0 Å². The summed E-state index contributed by atoms with van der Waals surface area (Å²) in [5.74, 6) is 1.21. The van der Waals surface area contributed by atoms with E-state index in [1.54, 1.807) is 0 Å². The molecule has 0 aromatic heterocycles. The fourth-order valence-corrected chi connectivity index (χ4v) is 2.27. The largest absolute Gasteiger partial charge is 0.492 e. The molecule has 0 heterocycles. The zero-order valence-electron chi connectivity index (χ0n) is 11.7. The van der Waals surface area contributed by atoms with E-state index in [0.717, 1.165) is 24.2 Å². The lowest BCUT2D eigenvalue weighted by Gasteiger charge is -2.12. The first kappa shape index (κ1) is 16.4. The first-order valence-corrected chi connectivity index (χ1v) is 8.12. The molecule has 0 amide bonds. The van der Waals surface area contributed by atoms with Crippen molar-refractivity contribution in [3.8, 4) is 5.75 Å². The number of benzene rings is 1. The van der Waals surface area contributed by atoms with Crippen LogP contribution in [0.25, 0.3) is 0 Å². The summed E-state index contributed by atoms with van der Waals surface area (Å²) in [6.45, 7) is 4.87. The average Bonchev–Trinajstić information content (AvgIpc) is 2.38. The molecule has 0 N–H and O–H groups in total. The number of thioether (sulfide) groups is 1. The van der Waals surface area contributed by atoms with E-state index in [1.807, 2.05) is 24.5 Å². The van der Waals surface area contributed by atoms with Crippen LogP contribution in [0.15, 0.2) is 18.2 Å². The molecule has 0 fully saturated rings. The third kappa shape index (κ3) is 5.87. The Bertz CT molecular complexity index is 419. The van der Waals surface area contributed by atoms with Crippen molar-refractivity contribution >= 4 is 28.5 Å². The van der Waals surface area contributed by atoms with Gasteiger partial charge in [0.2, 0.25) is 0 Å². The number of aryl methyl sites for hydroxylation is 1. The SMILES string of the molecule is CSC(=O)CCCc1cccc(OCC(C)C)c1Cl. The number of halogens is 1. The summed E-state index contributed by atoms with van der Waals surface area (Å²) < 4.78 is 5.68. The monoisotopic (exact) mass is 300 g/mol.